The van der Waals surface area contributed by atoms with Crippen molar-refractivity contribution >= 4 is 135 Å². The van der Waals surface area contributed by atoms with Gasteiger partial charge in [-0.1, -0.05) is 83.5 Å². The number of nitrogens with one attached hydrogen (secondary N) is 3. The number of hydrogen-bond acceptors (Lipinski definition) is 11. The number of piperidine rings is 2. The van der Waals surface area contributed by atoms with Gasteiger partial charge < -0.3 is 10.2 Å². The lowest BCUT2D eigenvalue weighted by molar-refractivity contribution is 0.0538. The highest BCUT2D eigenvalue weighted by atomic mass is 35.5. The number of amides is 1. The molecule has 0 bridgehead atoms. The number of sulfonamides is 2. The third kappa shape index (κ3) is 13.5. The topological polar surface area (TPSA) is 202 Å². The molecule has 2 aliphatic rings. The Morgan fingerprint density at radius 3 is 1.66 bits per heavy atom. The lowest BCUT2D eigenvalue weighted by Crippen LogP contribution is -2.42. The fourth-order valence-electron chi connectivity index (χ4n) is 7.23. The SMILES string of the molecule is CS(=O)(=O)Nc1ccc(Cl)cc1C(=O)Cl.C[C@H]1CC[C@@H](c2cc3nc(Cl)cc(Cl)n3n2)N(C(=O)c2cc(Cl)ccc2NS(C)(=O)=O)C1.C[C@H]1CC[C@@H](c2cc3nc(Cl)cc(Cl)n3n2)NC1. The van der Waals surface area contributed by atoms with Gasteiger partial charge in [0.15, 0.2) is 11.3 Å². The molecule has 3 N–H and O–H groups in total. The van der Waals surface area contributed by atoms with E-state index in [9.17, 15) is 26.4 Å². The van der Waals surface area contributed by atoms with Gasteiger partial charge in [-0.05, 0) is 92.1 Å². The molecule has 348 valence electrons. The first-order valence-electron chi connectivity index (χ1n) is 19.7. The van der Waals surface area contributed by atoms with Crippen LogP contribution in [0.5, 0.6) is 0 Å². The fourth-order valence-corrected chi connectivity index (χ4v) is 9.83. The van der Waals surface area contributed by atoms with Gasteiger partial charge in [-0.25, -0.2) is 35.8 Å². The molecule has 4 atom stereocenters. The van der Waals surface area contributed by atoms with Crippen LogP contribution in [0.2, 0.25) is 30.7 Å². The van der Waals surface area contributed by atoms with Gasteiger partial charge in [-0.2, -0.15) is 10.2 Å². The molecular formula is C40H41Cl7N10O6S2. The smallest absolute Gasteiger partial charge is 0.256 e. The van der Waals surface area contributed by atoms with Crippen molar-refractivity contribution < 1.29 is 26.4 Å². The number of carbonyl (C=O) groups is 2. The zero-order valence-electron chi connectivity index (χ0n) is 34.9. The lowest BCUT2D eigenvalue weighted by Gasteiger charge is -2.38. The molecule has 0 saturated carbocycles. The van der Waals surface area contributed by atoms with Crippen molar-refractivity contribution in [2.24, 2.45) is 11.8 Å². The highest BCUT2D eigenvalue weighted by Gasteiger charge is 2.35. The van der Waals surface area contributed by atoms with Gasteiger partial charge in [0.05, 0.1) is 58.5 Å². The van der Waals surface area contributed by atoms with Gasteiger partial charge in [-0.15, -0.1) is 0 Å². The molecule has 2 aliphatic heterocycles. The first-order valence-corrected chi connectivity index (χ1v) is 26.1. The van der Waals surface area contributed by atoms with Gasteiger partial charge >= 0.3 is 0 Å². The minimum atomic E-state index is -3.59. The first-order chi connectivity index (χ1) is 30.4. The molecule has 2 fully saturated rings. The zero-order chi connectivity index (χ0) is 47.5. The lowest BCUT2D eigenvalue weighted by atomic mass is 9.91. The van der Waals surface area contributed by atoms with E-state index in [4.69, 9.17) is 81.2 Å². The van der Waals surface area contributed by atoms with Crippen LogP contribution in [0.4, 0.5) is 11.4 Å². The van der Waals surface area contributed by atoms with E-state index in [2.05, 4.69) is 48.8 Å². The van der Waals surface area contributed by atoms with Crippen LogP contribution in [0.15, 0.2) is 60.7 Å². The van der Waals surface area contributed by atoms with Crippen molar-refractivity contribution in [3.8, 4) is 0 Å². The number of likely N-dealkylation sites (tertiary alicyclic amines) is 1. The van der Waals surface area contributed by atoms with Crippen molar-refractivity contribution in [2.75, 3.05) is 35.0 Å². The molecule has 16 nitrogen and oxygen atoms in total. The second-order valence-corrected chi connectivity index (χ2v) is 21.9. The van der Waals surface area contributed by atoms with Gasteiger partial charge in [-0.3, -0.25) is 19.0 Å². The van der Waals surface area contributed by atoms with Crippen LogP contribution in [-0.4, -0.2) is 87.7 Å². The maximum absolute atomic E-state index is 13.7. The van der Waals surface area contributed by atoms with Crippen molar-refractivity contribution in [3.63, 3.8) is 0 Å². The van der Waals surface area contributed by atoms with Crippen molar-refractivity contribution in [1.82, 2.24) is 39.4 Å². The minimum absolute atomic E-state index is 0.0228. The van der Waals surface area contributed by atoms with Gasteiger partial charge in [0.2, 0.25) is 20.0 Å². The summed E-state index contributed by atoms with van der Waals surface area (Å²) in [5.74, 6) is 0.646. The molecule has 6 aromatic rings. The van der Waals surface area contributed by atoms with E-state index < -0.39 is 25.3 Å². The molecule has 2 aromatic carbocycles. The largest absolute Gasteiger partial charge is 0.330 e. The summed E-state index contributed by atoms with van der Waals surface area (Å²) in [7, 11) is -7.04. The van der Waals surface area contributed by atoms with Crippen LogP contribution in [0.25, 0.3) is 11.3 Å². The number of carbonyl (C=O) groups excluding carboxylic acids is 2. The maximum atomic E-state index is 13.7. The van der Waals surface area contributed by atoms with E-state index in [-0.39, 0.29) is 51.6 Å². The summed E-state index contributed by atoms with van der Waals surface area (Å²) in [5.41, 5.74) is 3.26. The van der Waals surface area contributed by atoms with Crippen LogP contribution < -0.4 is 14.8 Å². The fraction of sp³-hybridized carbons (Fsp3) is 0.350. The molecule has 0 radical (unpaired) electrons. The Morgan fingerprint density at radius 1 is 0.662 bits per heavy atom. The Hall–Kier alpha value is -3.69. The average Bonchev–Trinajstić information content (AvgIpc) is 3.84. The summed E-state index contributed by atoms with van der Waals surface area (Å²) in [5, 5.41) is 13.9. The average molecular weight is 1070 g/mol. The van der Waals surface area contributed by atoms with E-state index in [1.54, 1.807) is 21.5 Å². The Balaban J connectivity index is 0.000000179. The Bertz CT molecular complexity index is 2980. The second kappa shape index (κ2) is 21.1. The van der Waals surface area contributed by atoms with Crippen molar-refractivity contribution in [2.45, 2.75) is 51.6 Å². The van der Waals surface area contributed by atoms with Crippen LogP contribution in [0.3, 0.4) is 0 Å². The van der Waals surface area contributed by atoms with E-state index in [1.807, 2.05) is 6.07 Å². The minimum Gasteiger partial charge on any atom is -0.330 e. The van der Waals surface area contributed by atoms with Gasteiger partial charge in [0.25, 0.3) is 11.1 Å². The highest BCUT2D eigenvalue weighted by molar-refractivity contribution is 7.92. The van der Waals surface area contributed by atoms with Crippen LogP contribution >= 0.6 is 81.2 Å². The molecule has 4 aromatic heterocycles. The Morgan fingerprint density at radius 2 is 1.15 bits per heavy atom. The quantitative estimate of drug-likeness (QED) is 0.0967. The number of anilines is 2. The second-order valence-electron chi connectivity index (χ2n) is 15.7. The Kier molecular flexibility index (Phi) is 16.5. The molecule has 2 saturated heterocycles. The predicted octanol–water partition coefficient (Wildman–Crippen LogP) is 9.86. The highest BCUT2D eigenvalue weighted by Crippen LogP contribution is 2.36. The first kappa shape index (κ1) is 50.7. The van der Waals surface area contributed by atoms with Crippen LogP contribution in [0, 0.1) is 11.8 Å². The van der Waals surface area contributed by atoms with E-state index >= 15 is 0 Å². The molecule has 0 spiro atoms. The summed E-state index contributed by atoms with van der Waals surface area (Å²) >= 11 is 41.3. The molecule has 65 heavy (non-hydrogen) atoms. The number of aromatic nitrogens is 6. The predicted molar refractivity (Wildman–Crippen MR) is 257 cm³/mol. The van der Waals surface area contributed by atoms with E-state index in [0.717, 1.165) is 43.5 Å². The monoisotopic (exact) mass is 1070 g/mol. The molecular weight excluding hydrogens is 1030 g/mol. The van der Waals surface area contributed by atoms with Crippen molar-refractivity contribution in [1.29, 1.82) is 0 Å². The summed E-state index contributed by atoms with van der Waals surface area (Å²) in [6.45, 7) is 5.82. The molecule has 6 heterocycles. The van der Waals surface area contributed by atoms with E-state index in [1.165, 1.54) is 53.4 Å². The van der Waals surface area contributed by atoms with E-state index in [0.29, 0.717) is 55.5 Å². The van der Waals surface area contributed by atoms with Gasteiger partial charge in [0, 0.05) is 40.9 Å². The number of benzene rings is 2. The van der Waals surface area contributed by atoms with Crippen molar-refractivity contribution in [3.05, 3.63) is 114 Å². The Labute approximate surface area is 410 Å². The molecule has 25 heteroatoms. The standard InChI is InChI=1S/C20H20Cl3N5O3S.C12H14Cl2N4.C8H7Cl2NO3S/c1-11-3-6-16(15-8-19-24-17(22)9-18(23)28(19)25-15)27(10-11)20(29)13-7-12(21)4-5-14(13)26-32(2,30)31;1-7-2-3-8(15-6-7)9-4-12-16-10(13)5-11(14)18(12)17-9;1-15(13,14)11-7-3-2-5(9)4-6(7)8(10)12/h4-5,7-9,11,16,26H,3,6,10H2,1-2H3;4-5,7-8,15H,2-3,6H2,1H3;2-4,11H,1H3/t11-,16-;7-,8-;/m00./s1. The normalized spacial score (nSPS) is 18.9. The summed E-state index contributed by atoms with van der Waals surface area (Å²) < 4.78 is 53.2. The number of hydrogen-bond donors (Lipinski definition) is 3. The summed E-state index contributed by atoms with van der Waals surface area (Å²) in [6, 6.07) is 15.3. The molecule has 0 unspecified atom stereocenters. The third-order valence-corrected chi connectivity index (χ3v) is 13.0. The number of fused-ring (bicyclic) bond motifs is 2. The summed E-state index contributed by atoms with van der Waals surface area (Å²) in [4.78, 5) is 34.8. The summed E-state index contributed by atoms with van der Waals surface area (Å²) in [6.07, 6.45) is 5.89. The molecule has 1 amide bonds. The molecule has 8 rings (SSSR count). The number of halogens is 7. The molecule has 0 aliphatic carbocycles. The zero-order valence-corrected chi connectivity index (χ0v) is 41.8. The van der Waals surface area contributed by atoms with Crippen LogP contribution in [0.1, 0.15) is 83.7 Å². The number of rotatable bonds is 8. The van der Waals surface area contributed by atoms with Gasteiger partial charge in [0.1, 0.15) is 20.6 Å². The maximum Gasteiger partial charge on any atom is 0.256 e. The number of nitrogens with zero attached hydrogens (tertiary/aromatic N) is 7. The third-order valence-electron chi connectivity index (χ3n) is 10.2. The van der Waals surface area contributed by atoms with Crippen LogP contribution in [-0.2, 0) is 20.0 Å².